The summed E-state index contributed by atoms with van der Waals surface area (Å²) in [4.78, 5) is 4.24. The van der Waals surface area contributed by atoms with Crippen LogP contribution in [0.25, 0.3) is 0 Å². The van der Waals surface area contributed by atoms with Crippen LogP contribution in [0.4, 0.5) is 0 Å². The van der Waals surface area contributed by atoms with Crippen molar-refractivity contribution in [2.75, 3.05) is 13.1 Å². The molecule has 0 aromatic heterocycles. The quantitative estimate of drug-likeness (QED) is 0.447. The van der Waals surface area contributed by atoms with Gasteiger partial charge in [-0.1, -0.05) is 44.3 Å². The highest BCUT2D eigenvalue weighted by Crippen LogP contribution is 2.48. The smallest absolute Gasteiger partial charge is 0.188 e. The van der Waals surface area contributed by atoms with E-state index in [2.05, 4.69) is 16.9 Å². The van der Waals surface area contributed by atoms with E-state index in [0.29, 0.717) is 12.5 Å². The predicted molar refractivity (Wildman–Crippen MR) is 77.5 cm³/mol. The normalized spacial score (nSPS) is 29.1. The van der Waals surface area contributed by atoms with Gasteiger partial charge in [-0.3, -0.25) is 0 Å². The van der Waals surface area contributed by atoms with Crippen LogP contribution in [0.5, 0.6) is 0 Å². The lowest BCUT2D eigenvalue weighted by molar-refractivity contribution is 0.309. The Balaban J connectivity index is 1.64. The third kappa shape index (κ3) is 4.04. The Hall–Kier alpha value is -0.990. The van der Waals surface area contributed by atoms with Gasteiger partial charge in [-0.2, -0.15) is 0 Å². The van der Waals surface area contributed by atoms with E-state index >= 15 is 0 Å². The molecule has 2 rings (SSSR count). The van der Waals surface area contributed by atoms with Crippen LogP contribution in [0, 0.1) is 17.8 Å². The molecule has 2 fully saturated rings. The minimum Gasteiger partial charge on any atom is -0.370 e. The SMILES string of the molecule is C=C(C)CN=C(N)NC[C@@H]1C[C@H]1C1CCCCC1. The van der Waals surface area contributed by atoms with Crippen molar-refractivity contribution in [3.8, 4) is 0 Å². The molecule has 0 spiro atoms. The molecular formula is C15H27N3. The maximum atomic E-state index is 5.82. The molecule has 0 bridgehead atoms. The van der Waals surface area contributed by atoms with Crippen LogP contribution in [0.2, 0.25) is 0 Å². The molecule has 3 nitrogen and oxygen atoms in total. The van der Waals surface area contributed by atoms with Gasteiger partial charge in [0.1, 0.15) is 0 Å². The molecule has 0 aliphatic heterocycles. The molecule has 0 aromatic rings. The first-order valence-electron chi connectivity index (χ1n) is 7.35. The van der Waals surface area contributed by atoms with Crippen LogP contribution in [-0.4, -0.2) is 19.0 Å². The number of nitrogens with one attached hydrogen (secondary N) is 1. The van der Waals surface area contributed by atoms with E-state index < -0.39 is 0 Å². The molecule has 0 unspecified atom stereocenters. The summed E-state index contributed by atoms with van der Waals surface area (Å²) in [5.41, 5.74) is 6.87. The van der Waals surface area contributed by atoms with Crippen LogP contribution in [0.1, 0.15) is 45.4 Å². The second kappa shape index (κ2) is 6.26. The summed E-state index contributed by atoms with van der Waals surface area (Å²) >= 11 is 0. The molecule has 2 aliphatic carbocycles. The topological polar surface area (TPSA) is 50.4 Å². The predicted octanol–water partition coefficient (Wildman–Crippen LogP) is 2.68. The van der Waals surface area contributed by atoms with Crippen LogP contribution in [0.15, 0.2) is 17.1 Å². The Kier molecular flexibility index (Phi) is 4.67. The van der Waals surface area contributed by atoms with Gasteiger partial charge in [0.25, 0.3) is 0 Å². The van der Waals surface area contributed by atoms with Crippen molar-refractivity contribution in [2.45, 2.75) is 45.4 Å². The highest BCUT2D eigenvalue weighted by Gasteiger charge is 2.42. The molecule has 2 aliphatic rings. The first-order valence-corrected chi connectivity index (χ1v) is 7.35. The van der Waals surface area contributed by atoms with Crippen molar-refractivity contribution < 1.29 is 0 Å². The molecule has 0 heterocycles. The fourth-order valence-electron chi connectivity index (χ4n) is 3.16. The Bertz CT molecular complexity index is 316. The van der Waals surface area contributed by atoms with Crippen LogP contribution in [0.3, 0.4) is 0 Å². The van der Waals surface area contributed by atoms with Gasteiger partial charge in [0.15, 0.2) is 5.96 Å². The van der Waals surface area contributed by atoms with E-state index in [-0.39, 0.29) is 0 Å². The van der Waals surface area contributed by atoms with Gasteiger partial charge >= 0.3 is 0 Å². The summed E-state index contributed by atoms with van der Waals surface area (Å²) < 4.78 is 0. The van der Waals surface area contributed by atoms with Crippen molar-refractivity contribution >= 4 is 5.96 Å². The molecule has 102 valence electrons. The molecule has 3 N–H and O–H groups in total. The van der Waals surface area contributed by atoms with E-state index in [1.54, 1.807) is 0 Å². The van der Waals surface area contributed by atoms with E-state index in [1.165, 1.54) is 38.5 Å². The van der Waals surface area contributed by atoms with Crippen molar-refractivity contribution in [3.63, 3.8) is 0 Å². The minimum absolute atomic E-state index is 0.576. The van der Waals surface area contributed by atoms with Crippen molar-refractivity contribution in [2.24, 2.45) is 28.5 Å². The third-order valence-corrected chi connectivity index (χ3v) is 4.30. The summed E-state index contributed by atoms with van der Waals surface area (Å²) in [5, 5.41) is 3.26. The summed E-state index contributed by atoms with van der Waals surface area (Å²) in [7, 11) is 0. The second-order valence-corrected chi connectivity index (χ2v) is 6.10. The number of nitrogens with two attached hydrogens (primary N) is 1. The van der Waals surface area contributed by atoms with Gasteiger partial charge in [-0.05, 0) is 31.1 Å². The molecular weight excluding hydrogens is 222 g/mol. The van der Waals surface area contributed by atoms with Crippen LogP contribution >= 0.6 is 0 Å². The van der Waals surface area contributed by atoms with Crippen molar-refractivity contribution in [1.82, 2.24) is 5.32 Å². The highest BCUT2D eigenvalue weighted by molar-refractivity contribution is 5.77. The molecule has 2 atom stereocenters. The summed E-state index contributed by atoms with van der Waals surface area (Å²) in [6, 6.07) is 0. The molecule has 0 saturated heterocycles. The van der Waals surface area contributed by atoms with Gasteiger partial charge in [-0.15, -0.1) is 0 Å². The number of guanidine groups is 1. The Labute approximate surface area is 111 Å². The molecule has 18 heavy (non-hydrogen) atoms. The molecule has 0 aromatic carbocycles. The number of hydrogen-bond acceptors (Lipinski definition) is 1. The molecule has 0 amide bonds. The molecule has 3 heteroatoms. The first-order chi connectivity index (χ1) is 8.66. The van der Waals surface area contributed by atoms with Gasteiger partial charge < -0.3 is 11.1 Å². The summed E-state index contributed by atoms with van der Waals surface area (Å²) in [6.07, 6.45) is 8.66. The standard InChI is InChI=1S/C15H27N3/c1-11(2)9-17-15(16)18-10-13-8-14(13)12-6-4-3-5-7-12/h12-14H,1,3-10H2,2H3,(H3,16,17,18)/t13-,14-/m0/s1. The van der Waals surface area contributed by atoms with Crippen LogP contribution < -0.4 is 11.1 Å². The molecule has 0 radical (unpaired) electrons. The summed E-state index contributed by atoms with van der Waals surface area (Å²) in [5.74, 6) is 3.38. The fraction of sp³-hybridized carbons (Fsp3) is 0.800. The van der Waals surface area contributed by atoms with E-state index in [1.807, 2.05) is 6.92 Å². The van der Waals surface area contributed by atoms with Crippen molar-refractivity contribution in [1.29, 1.82) is 0 Å². The zero-order valence-electron chi connectivity index (χ0n) is 11.6. The maximum Gasteiger partial charge on any atom is 0.188 e. The van der Waals surface area contributed by atoms with Crippen LogP contribution in [-0.2, 0) is 0 Å². The minimum atomic E-state index is 0.576. The lowest BCUT2D eigenvalue weighted by atomic mass is 9.85. The zero-order chi connectivity index (χ0) is 13.0. The Morgan fingerprint density at radius 2 is 2.06 bits per heavy atom. The number of hydrogen-bond donors (Lipinski definition) is 2. The Morgan fingerprint density at radius 1 is 1.33 bits per heavy atom. The highest BCUT2D eigenvalue weighted by atomic mass is 15.1. The van der Waals surface area contributed by atoms with Gasteiger partial charge in [0.2, 0.25) is 0 Å². The average Bonchev–Trinajstić information content (AvgIpc) is 3.14. The average molecular weight is 249 g/mol. The van der Waals surface area contributed by atoms with E-state index in [4.69, 9.17) is 5.73 Å². The number of nitrogens with zero attached hydrogens (tertiary/aromatic N) is 1. The van der Waals surface area contributed by atoms with Gasteiger partial charge in [0.05, 0.1) is 6.54 Å². The largest absolute Gasteiger partial charge is 0.370 e. The second-order valence-electron chi connectivity index (χ2n) is 6.10. The first kappa shape index (κ1) is 13.4. The van der Waals surface area contributed by atoms with E-state index in [9.17, 15) is 0 Å². The lowest BCUT2D eigenvalue weighted by Crippen LogP contribution is -2.33. The summed E-state index contributed by atoms with van der Waals surface area (Å²) in [6.45, 7) is 7.43. The Morgan fingerprint density at radius 3 is 2.72 bits per heavy atom. The number of aliphatic imine (C=N–C) groups is 1. The zero-order valence-corrected chi connectivity index (χ0v) is 11.6. The molecule has 2 saturated carbocycles. The number of rotatable bonds is 5. The fourth-order valence-corrected chi connectivity index (χ4v) is 3.16. The van der Waals surface area contributed by atoms with E-state index in [0.717, 1.165) is 29.9 Å². The van der Waals surface area contributed by atoms with Gasteiger partial charge in [-0.25, -0.2) is 4.99 Å². The maximum absolute atomic E-state index is 5.82. The third-order valence-electron chi connectivity index (χ3n) is 4.30. The van der Waals surface area contributed by atoms with Crippen molar-refractivity contribution in [3.05, 3.63) is 12.2 Å². The monoisotopic (exact) mass is 249 g/mol. The lowest BCUT2D eigenvalue weighted by Gasteiger charge is -2.21. The van der Waals surface area contributed by atoms with Gasteiger partial charge in [0, 0.05) is 6.54 Å².